The molecule has 2 aliphatic rings. The molecule has 2 heterocycles. The summed E-state index contributed by atoms with van der Waals surface area (Å²) in [6, 6.07) is 14.2. The molecule has 3 atom stereocenters. The van der Waals surface area contributed by atoms with Crippen LogP contribution in [0.5, 0.6) is 0 Å². The van der Waals surface area contributed by atoms with Crippen LogP contribution >= 0.6 is 11.8 Å². The van der Waals surface area contributed by atoms with E-state index in [4.69, 9.17) is 0 Å². The summed E-state index contributed by atoms with van der Waals surface area (Å²) in [5.41, 5.74) is 3.78. The fourth-order valence-corrected chi connectivity index (χ4v) is 6.36. The van der Waals surface area contributed by atoms with Crippen molar-refractivity contribution in [3.05, 3.63) is 70.8 Å². The first-order valence-electron chi connectivity index (χ1n) is 11.8. The Hall–Kier alpha value is -2.80. The maximum Gasteiger partial charge on any atom is 0.256 e. The van der Waals surface area contributed by atoms with E-state index in [9.17, 15) is 14.4 Å². The first-order chi connectivity index (χ1) is 16.1. The van der Waals surface area contributed by atoms with E-state index in [1.807, 2.05) is 83.1 Å². The Morgan fingerprint density at radius 3 is 2.44 bits per heavy atom. The van der Waals surface area contributed by atoms with Crippen molar-refractivity contribution in [2.45, 2.75) is 69.8 Å². The number of nitrogens with one attached hydrogen (secondary N) is 2. The maximum atomic E-state index is 13.6. The standard InChI is InChI=1S/C27H33N3O3S/c1-16(2)14-21(23(31)28-15-18-12-10-17(3)11-13-18)29-24(32)22-27(4,5)34-26-20-9-7-6-8-19(20)25(33)30(22)26/h6-13,16,21-22,26H,14-15H2,1-5H3,(H,28,31)(H,29,32)/t21-,22+,26+/m0/s1. The minimum Gasteiger partial charge on any atom is -0.350 e. The molecule has 0 unspecified atom stereocenters. The molecule has 1 saturated heterocycles. The summed E-state index contributed by atoms with van der Waals surface area (Å²) in [7, 11) is 0. The second-order valence-electron chi connectivity index (χ2n) is 10.2. The SMILES string of the molecule is Cc1ccc(CNC(=O)[C@H](CC(C)C)NC(=O)[C@H]2N3C(=O)c4ccccc4[C@H]3SC2(C)C)cc1. The minimum absolute atomic E-state index is 0.122. The van der Waals surface area contributed by atoms with Crippen LogP contribution in [0, 0.1) is 12.8 Å². The van der Waals surface area contributed by atoms with Gasteiger partial charge < -0.3 is 15.5 Å². The Morgan fingerprint density at radius 2 is 1.76 bits per heavy atom. The lowest BCUT2D eigenvalue weighted by Crippen LogP contribution is -2.57. The summed E-state index contributed by atoms with van der Waals surface area (Å²) in [6.45, 7) is 10.5. The smallest absolute Gasteiger partial charge is 0.256 e. The van der Waals surface area contributed by atoms with Crippen molar-refractivity contribution in [3.8, 4) is 0 Å². The number of rotatable bonds is 7. The summed E-state index contributed by atoms with van der Waals surface area (Å²) < 4.78 is -0.487. The average Bonchev–Trinajstić information content (AvgIpc) is 3.21. The number of carbonyl (C=O) groups excluding carboxylic acids is 3. The van der Waals surface area contributed by atoms with Gasteiger partial charge in [-0.25, -0.2) is 0 Å². The Labute approximate surface area is 205 Å². The summed E-state index contributed by atoms with van der Waals surface area (Å²) in [5, 5.41) is 5.78. The molecule has 0 radical (unpaired) electrons. The summed E-state index contributed by atoms with van der Waals surface area (Å²) in [4.78, 5) is 41.6. The predicted octanol–water partition coefficient (Wildman–Crippen LogP) is 4.19. The van der Waals surface area contributed by atoms with Crippen molar-refractivity contribution < 1.29 is 14.4 Å². The molecule has 0 saturated carbocycles. The van der Waals surface area contributed by atoms with Crippen LogP contribution in [0.25, 0.3) is 0 Å². The van der Waals surface area contributed by atoms with Gasteiger partial charge in [-0.1, -0.05) is 61.9 Å². The molecule has 7 heteroatoms. The normalized spacial score (nSPS) is 21.2. The van der Waals surface area contributed by atoms with Crippen LogP contribution in [0.3, 0.4) is 0 Å². The molecule has 34 heavy (non-hydrogen) atoms. The molecule has 4 rings (SSSR count). The van der Waals surface area contributed by atoms with Crippen LogP contribution in [0.2, 0.25) is 0 Å². The Balaban J connectivity index is 1.50. The van der Waals surface area contributed by atoms with Gasteiger partial charge in [-0.3, -0.25) is 14.4 Å². The topological polar surface area (TPSA) is 78.5 Å². The van der Waals surface area contributed by atoms with Crippen LogP contribution in [0.15, 0.2) is 48.5 Å². The Morgan fingerprint density at radius 1 is 1.09 bits per heavy atom. The lowest BCUT2D eigenvalue weighted by Gasteiger charge is -2.31. The lowest BCUT2D eigenvalue weighted by atomic mass is 9.98. The van der Waals surface area contributed by atoms with Gasteiger partial charge in [0, 0.05) is 16.9 Å². The highest BCUT2D eigenvalue weighted by molar-refractivity contribution is 8.01. The Bertz CT molecular complexity index is 1100. The number of hydrogen-bond acceptors (Lipinski definition) is 4. The van der Waals surface area contributed by atoms with E-state index in [1.54, 1.807) is 16.7 Å². The monoisotopic (exact) mass is 479 g/mol. The number of nitrogens with zero attached hydrogens (tertiary/aromatic N) is 1. The number of benzene rings is 2. The van der Waals surface area contributed by atoms with Gasteiger partial charge in [-0.2, -0.15) is 0 Å². The third-order valence-electron chi connectivity index (χ3n) is 6.47. The second-order valence-corrected chi connectivity index (χ2v) is 11.9. The van der Waals surface area contributed by atoms with Crippen molar-refractivity contribution >= 4 is 29.5 Å². The molecular formula is C27H33N3O3S. The third kappa shape index (κ3) is 4.71. The first kappa shape index (κ1) is 24.3. The van der Waals surface area contributed by atoms with Gasteiger partial charge in [-0.05, 0) is 50.3 Å². The average molecular weight is 480 g/mol. The number of aryl methyl sites for hydroxylation is 1. The highest BCUT2D eigenvalue weighted by Gasteiger charge is 2.57. The van der Waals surface area contributed by atoms with E-state index in [2.05, 4.69) is 10.6 Å². The van der Waals surface area contributed by atoms with E-state index in [1.165, 1.54) is 0 Å². The molecule has 6 nitrogen and oxygen atoms in total. The molecule has 0 aliphatic carbocycles. The zero-order valence-electron chi connectivity index (χ0n) is 20.4. The molecule has 0 spiro atoms. The third-order valence-corrected chi connectivity index (χ3v) is 8.01. The lowest BCUT2D eigenvalue weighted by molar-refractivity contribution is -0.132. The number of amides is 3. The Kier molecular flexibility index (Phi) is 6.76. The zero-order valence-corrected chi connectivity index (χ0v) is 21.2. The van der Waals surface area contributed by atoms with Gasteiger partial charge >= 0.3 is 0 Å². The molecule has 2 N–H and O–H groups in total. The molecule has 180 valence electrons. The van der Waals surface area contributed by atoms with Crippen LogP contribution in [-0.2, 0) is 16.1 Å². The molecule has 2 aliphatic heterocycles. The van der Waals surface area contributed by atoms with E-state index >= 15 is 0 Å². The summed E-state index contributed by atoms with van der Waals surface area (Å²) in [5.74, 6) is -0.397. The number of hydrogen-bond donors (Lipinski definition) is 2. The van der Waals surface area contributed by atoms with Gasteiger partial charge in [0.05, 0.1) is 0 Å². The molecule has 1 fully saturated rings. The van der Waals surface area contributed by atoms with Crippen molar-refractivity contribution in [2.75, 3.05) is 0 Å². The largest absolute Gasteiger partial charge is 0.350 e. The highest BCUT2D eigenvalue weighted by atomic mass is 32.2. The van der Waals surface area contributed by atoms with Crippen LogP contribution < -0.4 is 10.6 Å². The van der Waals surface area contributed by atoms with Gasteiger partial charge in [-0.15, -0.1) is 11.8 Å². The van der Waals surface area contributed by atoms with E-state index in [-0.39, 0.29) is 29.0 Å². The molecular weight excluding hydrogens is 446 g/mol. The molecule has 2 aromatic rings. The molecule has 2 aromatic carbocycles. The molecule has 3 amide bonds. The van der Waals surface area contributed by atoms with E-state index < -0.39 is 16.8 Å². The summed E-state index contributed by atoms with van der Waals surface area (Å²) in [6.07, 6.45) is 0.517. The van der Waals surface area contributed by atoms with Gasteiger partial charge in [0.25, 0.3) is 5.91 Å². The zero-order chi connectivity index (χ0) is 24.6. The quantitative estimate of drug-likeness (QED) is 0.624. The van der Waals surface area contributed by atoms with Crippen LogP contribution in [-0.4, -0.2) is 39.5 Å². The predicted molar refractivity (Wildman–Crippen MR) is 135 cm³/mol. The van der Waals surface area contributed by atoms with E-state index in [0.29, 0.717) is 18.5 Å². The van der Waals surface area contributed by atoms with Crippen molar-refractivity contribution in [3.63, 3.8) is 0 Å². The van der Waals surface area contributed by atoms with Crippen molar-refractivity contribution in [2.24, 2.45) is 5.92 Å². The van der Waals surface area contributed by atoms with Crippen molar-refractivity contribution in [1.29, 1.82) is 0 Å². The van der Waals surface area contributed by atoms with Gasteiger partial charge in [0.15, 0.2) is 0 Å². The van der Waals surface area contributed by atoms with E-state index in [0.717, 1.165) is 16.7 Å². The van der Waals surface area contributed by atoms with Gasteiger partial charge in [0.1, 0.15) is 17.5 Å². The number of thioether (sulfide) groups is 1. The van der Waals surface area contributed by atoms with Crippen LogP contribution in [0.1, 0.15) is 66.5 Å². The van der Waals surface area contributed by atoms with Gasteiger partial charge in [0.2, 0.25) is 11.8 Å². The first-order valence-corrected chi connectivity index (χ1v) is 12.7. The van der Waals surface area contributed by atoms with Crippen molar-refractivity contribution in [1.82, 2.24) is 15.5 Å². The fourth-order valence-electron chi connectivity index (χ4n) is 4.78. The number of fused-ring (bicyclic) bond motifs is 3. The maximum absolute atomic E-state index is 13.6. The van der Waals surface area contributed by atoms with Crippen LogP contribution in [0.4, 0.5) is 0 Å². The minimum atomic E-state index is -0.669. The molecule has 0 aromatic heterocycles. The second kappa shape index (κ2) is 9.45. The highest BCUT2D eigenvalue weighted by Crippen LogP contribution is 2.56. The summed E-state index contributed by atoms with van der Waals surface area (Å²) >= 11 is 1.62. The fraction of sp³-hybridized carbons (Fsp3) is 0.444. The molecule has 0 bridgehead atoms. The number of carbonyl (C=O) groups is 3.